The van der Waals surface area contributed by atoms with Crippen LogP contribution in [-0.4, -0.2) is 117 Å². The molecule has 16 heteroatoms. The molecule has 2 saturated heterocycles. The first-order valence-corrected chi connectivity index (χ1v) is 16.6. The van der Waals surface area contributed by atoms with Crippen molar-refractivity contribution in [3.8, 4) is 34.3 Å². The Balaban J connectivity index is 1.57. The number of hydrogen-bond acceptors (Lipinski definition) is 16. The number of carbonyl (C=O) groups is 1. The number of carbonyl (C=O) groups excluding carboxylic acids is 1. The van der Waals surface area contributed by atoms with E-state index in [9.17, 15) is 45.3 Å². The molecule has 3 heterocycles. The number of aliphatic hydroxyl groups is 5. The molecule has 2 aromatic carbocycles. The number of hydrogen-bond donors (Lipinski definition) is 7. The largest absolute Gasteiger partial charge is 0.507 e. The van der Waals surface area contributed by atoms with E-state index in [0.29, 0.717) is 11.3 Å². The number of ether oxygens (including phenoxy) is 6. The van der Waals surface area contributed by atoms with Crippen LogP contribution in [0.15, 0.2) is 51.2 Å². The van der Waals surface area contributed by atoms with Crippen LogP contribution in [-0.2, 0) is 30.2 Å². The number of esters is 1. The third-order valence-corrected chi connectivity index (χ3v) is 9.04. The van der Waals surface area contributed by atoms with Crippen molar-refractivity contribution in [1.82, 2.24) is 0 Å². The first-order chi connectivity index (χ1) is 24.7. The topological polar surface area (TPSA) is 244 Å². The first-order valence-electron chi connectivity index (χ1n) is 16.6. The predicted molar refractivity (Wildman–Crippen MR) is 181 cm³/mol. The number of fused-ring (bicyclic) bond motifs is 1. The van der Waals surface area contributed by atoms with Crippen LogP contribution in [0.2, 0.25) is 0 Å². The second-order valence-electron chi connectivity index (χ2n) is 13.0. The molecule has 0 amide bonds. The minimum atomic E-state index is -1.76. The molecule has 0 saturated carbocycles. The maximum Gasteiger partial charge on any atom is 0.303 e. The van der Waals surface area contributed by atoms with Gasteiger partial charge in [0.2, 0.25) is 17.5 Å². The lowest BCUT2D eigenvalue weighted by Crippen LogP contribution is -2.61. The van der Waals surface area contributed by atoms with E-state index >= 15 is 0 Å². The van der Waals surface area contributed by atoms with Crippen LogP contribution in [0.4, 0.5) is 0 Å². The summed E-state index contributed by atoms with van der Waals surface area (Å²) in [6.07, 6.45) is -11.5. The molecule has 2 aliphatic heterocycles. The van der Waals surface area contributed by atoms with Crippen LogP contribution in [0.3, 0.4) is 0 Å². The zero-order valence-corrected chi connectivity index (χ0v) is 29.2. The molecule has 3 aromatic rings. The molecule has 10 atom stereocenters. The third-order valence-electron chi connectivity index (χ3n) is 9.04. The molecule has 16 nitrogen and oxygen atoms in total. The monoisotopic (exact) mass is 732 g/mol. The molecule has 7 N–H and O–H groups in total. The van der Waals surface area contributed by atoms with Crippen molar-refractivity contribution in [2.75, 3.05) is 20.3 Å². The lowest BCUT2D eigenvalue weighted by molar-refractivity contribution is -0.315. The number of phenolic OH excluding ortho intramolecular Hbond substituents is 2. The van der Waals surface area contributed by atoms with Crippen molar-refractivity contribution in [2.45, 2.75) is 89.4 Å². The summed E-state index contributed by atoms with van der Waals surface area (Å²) in [6, 6.07) is 7.41. The molecular formula is C36H44O16. The van der Waals surface area contributed by atoms with Crippen molar-refractivity contribution >= 4 is 16.9 Å². The summed E-state index contributed by atoms with van der Waals surface area (Å²) < 4.78 is 40.2. The van der Waals surface area contributed by atoms with Crippen molar-refractivity contribution in [3.05, 3.63) is 57.8 Å². The first kappa shape index (κ1) is 39.0. The van der Waals surface area contributed by atoms with Crippen molar-refractivity contribution in [1.29, 1.82) is 0 Å². The fraction of sp³-hybridized carbons (Fsp3) is 0.500. The van der Waals surface area contributed by atoms with Gasteiger partial charge in [-0.2, -0.15) is 0 Å². The summed E-state index contributed by atoms with van der Waals surface area (Å²) in [7, 11) is 1.48. The van der Waals surface area contributed by atoms with E-state index in [1.165, 1.54) is 14.0 Å². The fourth-order valence-electron chi connectivity index (χ4n) is 6.22. The Hall–Kier alpha value is -4.26. The minimum Gasteiger partial charge on any atom is -0.507 e. The van der Waals surface area contributed by atoms with Gasteiger partial charge in [-0.25, -0.2) is 0 Å². The van der Waals surface area contributed by atoms with Gasteiger partial charge in [-0.05, 0) is 51.5 Å². The van der Waals surface area contributed by atoms with Crippen molar-refractivity contribution in [3.63, 3.8) is 0 Å². The van der Waals surface area contributed by atoms with E-state index in [0.717, 1.165) is 18.6 Å². The van der Waals surface area contributed by atoms with Gasteiger partial charge in [0.15, 0.2) is 12.1 Å². The molecule has 284 valence electrons. The van der Waals surface area contributed by atoms with Gasteiger partial charge >= 0.3 is 5.97 Å². The summed E-state index contributed by atoms with van der Waals surface area (Å²) in [6.45, 7) is 5.18. The maximum atomic E-state index is 14.3. The van der Waals surface area contributed by atoms with E-state index in [1.807, 2.05) is 19.9 Å². The number of methoxy groups -OCH3 is 1. The van der Waals surface area contributed by atoms with Gasteiger partial charge in [0.05, 0.1) is 32.3 Å². The lowest BCUT2D eigenvalue weighted by atomic mass is 9.89. The van der Waals surface area contributed by atoms with Gasteiger partial charge in [-0.1, -0.05) is 11.6 Å². The number of allylic oxidation sites excluding steroid dienone is 2. The van der Waals surface area contributed by atoms with Crippen LogP contribution in [0.25, 0.3) is 22.3 Å². The van der Waals surface area contributed by atoms with Crippen molar-refractivity contribution in [2.24, 2.45) is 5.92 Å². The zero-order valence-electron chi connectivity index (χ0n) is 29.2. The number of aromatic hydroxyl groups is 2. The predicted octanol–water partition coefficient (Wildman–Crippen LogP) is 1.24. The Morgan fingerprint density at radius 1 is 0.923 bits per heavy atom. The average Bonchev–Trinajstić information content (AvgIpc) is 3.10. The average molecular weight is 733 g/mol. The molecule has 52 heavy (non-hydrogen) atoms. The van der Waals surface area contributed by atoms with Gasteiger partial charge in [0.25, 0.3) is 0 Å². The highest BCUT2D eigenvalue weighted by atomic mass is 16.7. The van der Waals surface area contributed by atoms with Gasteiger partial charge in [-0.15, -0.1) is 0 Å². The number of benzene rings is 2. The van der Waals surface area contributed by atoms with E-state index in [2.05, 4.69) is 0 Å². The Kier molecular flexibility index (Phi) is 12.1. The SMILES string of the molecule is COc1ccc(-c2oc3c(CC=C(C)C)c(O)cc(O)c3c(=O)c2O[C@H]2O[C@@H](C)[C@H](OC(C)=O)[C@@H](CO[C@H]3O[C@@H](CO)[C@H](O)[C@H](O)[C@H]3O)[C@@H]2O)cc1. The third kappa shape index (κ3) is 7.89. The highest BCUT2D eigenvalue weighted by molar-refractivity contribution is 5.91. The quantitative estimate of drug-likeness (QED) is 0.108. The van der Waals surface area contributed by atoms with Crippen LogP contribution in [0.5, 0.6) is 23.0 Å². The second-order valence-corrected chi connectivity index (χ2v) is 13.0. The molecule has 1 aromatic heterocycles. The highest BCUT2D eigenvalue weighted by Crippen LogP contribution is 2.41. The molecule has 5 rings (SSSR count). The van der Waals surface area contributed by atoms with Gasteiger partial charge < -0.3 is 68.6 Å². The summed E-state index contributed by atoms with van der Waals surface area (Å²) in [4.78, 5) is 26.4. The fourth-order valence-corrected chi connectivity index (χ4v) is 6.22. The number of rotatable bonds is 11. The second kappa shape index (κ2) is 16.2. The Morgan fingerprint density at radius 3 is 2.23 bits per heavy atom. The molecule has 0 unspecified atom stereocenters. The van der Waals surface area contributed by atoms with Gasteiger partial charge in [-0.3, -0.25) is 9.59 Å². The van der Waals surface area contributed by atoms with E-state index in [1.54, 1.807) is 24.3 Å². The van der Waals surface area contributed by atoms with E-state index < -0.39 is 97.3 Å². The lowest BCUT2D eigenvalue weighted by Gasteiger charge is -2.44. The molecule has 0 spiro atoms. The van der Waals surface area contributed by atoms with Gasteiger partial charge in [0.1, 0.15) is 64.8 Å². The summed E-state index contributed by atoms with van der Waals surface area (Å²) in [5, 5.41) is 73.5. The van der Waals surface area contributed by atoms with Crippen LogP contribution in [0, 0.1) is 5.92 Å². The van der Waals surface area contributed by atoms with Crippen LogP contribution in [0.1, 0.15) is 33.3 Å². The standard InChI is InChI=1S/C36H44O16/c1-15(2)6-11-20-22(39)12-23(40)25-28(43)34(32(51-33(20)25)18-7-9-19(46-5)10-8-18)52-36-26(41)21(31(16(3)48-36)49-17(4)38)14-47-35-30(45)29(44)27(42)24(13-37)50-35/h6-10,12,16,21,24,26-27,29-31,35-37,39-42,44-45H,11,13-14H2,1-5H3/t16-,21-,24-,26-,27-,29-,30+,31-,35-,36+/m0/s1. The smallest absolute Gasteiger partial charge is 0.303 e. The molecule has 0 bridgehead atoms. The van der Waals surface area contributed by atoms with E-state index in [4.69, 9.17) is 32.8 Å². The Bertz CT molecular complexity index is 1810. The van der Waals surface area contributed by atoms with Gasteiger partial charge in [0, 0.05) is 24.1 Å². The zero-order chi connectivity index (χ0) is 38.0. The van der Waals surface area contributed by atoms with Crippen LogP contribution < -0.4 is 14.9 Å². The summed E-state index contributed by atoms with van der Waals surface area (Å²) in [5.74, 6) is -2.89. The molecule has 0 radical (unpaired) electrons. The summed E-state index contributed by atoms with van der Waals surface area (Å²) >= 11 is 0. The van der Waals surface area contributed by atoms with Crippen LogP contribution >= 0.6 is 0 Å². The van der Waals surface area contributed by atoms with Crippen molar-refractivity contribution < 1.29 is 73.4 Å². The highest BCUT2D eigenvalue weighted by Gasteiger charge is 2.49. The Morgan fingerprint density at radius 2 is 1.62 bits per heavy atom. The normalized spacial score (nSPS) is 29.0. The number of phenols is 2. The Labute approximate surface area is 298 Å². The number of aliphatic hydroxyl groups excluding tert-OH is 5. The minimum absolute atomic E-state index is 0.0997. The molecular weight excluding hydrogens is 688 g/mol. The molecule has 2 aliphatic rings. The summed E-state index contributed by atoms with van der Waals surface area (Å²) in [5.41, 5.74) is 0.516. The molecule has 2 fully saturated rings. The maximum absolute atomic E-state index is 14.3. The van der Waals surface area contributed by atoms with E-state index in [-0.39, 0.29) is 34.5 Å². The molecule has 0 aliphatic carbocycles.